The van der Waals surface area contributed by atoms with Crippen LogP contribution in [-0.4, -0.2) is 6.18 Å². The minimum Gasteiger partial charge on any atom is -0.316 e. The summed E-state index contributed by atoms with van der Waals surface area (Å²) in [5.41, 5.74) is 6.58. The Balaban J connectivity index is 2.13. The quantitative estimate of drug-likeness (QED) is 0.500. The Morgan fingerprint density at radius 3 is 2.20 bits per heavy atom. The van der Waals surface area contributed by atoms with E-state index in [1.165, 1.54) is 25.7 Å². The third-order valence-electron chi connectivity index (χ3n) is 4.77. The number of alkyl halides is 3. The highest BCUT2D eigenvalue weighted by molar-refractivity contribution is 5.87. The number of fused-ring (bicyclic) bond motifs is 1. The first-order valence-corrected chi connectivity index (χ1v) is 9.28. The highest BCUT2D eigenvalue weighted by atomic mass is 19.4. The van der Waals surface area contributed by atoms with Crippen molar-refractivity contribution in [2.45, 2.75) is 70.5 Å². The van der Waals surface area contributed by atoms with Gasteiger partial charge in [-0.05, 0) is 34.7 Å². The molecule has 0 aliphatic heterocycles. The Hall–Kier alpha value is -1.55. The van der Waals surface area contributed by atoms with Gasteiger partial charge < -0.3 is 5.73 Å². The number of hydrogen-bond donors (Lipinski definition) is 1. The Labute approximate surface area is 148 Å². The molecule has 25 heavy (non-hydrogen) atoms. The molecule has 0 radical (unpaired) electrons. The van der Waals surface area contributed by atoms with Crippen molar-refractivity contribution in [2.75, 3.05) is 0 Å². The van der Waals surface area contributed by atoms with Gasteiger partial charge in [0, 0.05) is 0 Å². The van der Waals surface area contributed by atoms with E-state index in [9.17, 15) is 13.2 Å². The molecule has 0 fully saturated rings. The molecule has 2 aromatic rings. The molecule has 0 bridgehead atoms. The third-order valence-corrected chi connectivity index (χ3v) is 4.77. The normalized spacial score (nSPS) is 13.3. The lowest BCUT2D eigenvalue weighted by Gasteiger charge is -2.21. The van der Waals surface area contributed by atoms with Crippen LogP contribution in [0.1, 0.15) is 69.0 Å². The van der Waals surface area contributed by atoms with Crippen LogP contribution < -0.4 is 5.73 Å². The van der Waals surface area contributed by atoms with Crippen molar-refractivity contribution < 1.29 is 13.2 Å². The number of halogens is 3. The molecule has 0 aromatic heterocycles. The summed E-state index contributed by atoms with van der Waals surface area (Å²) >= 11 is 0. The summed E-state index contributed by atoms with van der Waals surface area (Å²) in [7, 11) is 0. The second kappa shape index (κ2) is 9.23. The van der Waals surface area contributed by atoms with Gasteiger partial charge in [0.15, 0.2) is 0 Å². The SMILES string of the molecule is CCCCCCCCCc1ccc2ccccc2c1[C@H](N)C(F)(F)F. The highest BCUT2D eigenvalue weighted by Crippen LogP contribution is 2.37. The van der Waals surface area contributed by atoms with Crippen LogP contribution in [0, 0.1) is 0 Å². The molecule has 0 saturated carbocycles. The zero-order valence-electron chi connectivity index (χ0n) is 14.9. The van der Waals surface area contributed by atoms with E-state index in [0.717, 1.165) is 30.2 Å². The van der Waals surface area contributed by atoms with Crippen molar-refractivity contribution in [3.05, 3.63) is 47.5 Å². The molecule has 1 nitrogen and oxygen atoms in total. The van der Waals surface area contributed by atoms with E-state index in [1.54, 1.807) is 12.1 Å². The van der Waals surface area contributed by atoms with Gasteiger partial charge in [0.05, 0.1) is 0 Å². The Morgan fingerprint density at radius 1 is 0.880 bits per heavy atom. The van der Waals surface area contributed by atoms with E-state index < -0.39 is 12.2 Å². The molecule has 0 amide bonds. The first kappa shape index (κ1) is 19.8. The van der Waals surface area contributed by atoms with Gasteiger partial charge in [0.2, 0.25) is 0 Å². The number of rotatable bonds is 9. The first-order chi connectivity index (χ1) is 11.9. The predicted molar refractivity (Wildman–Crippen MR) is 98.6 cm³/mol. The number of unbranched alkanes of at least 4 members (excludes halogenated alkanes) is 6. The molecule has 2 N–H and O–H groups in total. The monoisotopic (exact) mass is 351 g/mol. The largest absolute Gasteiger partial charge is 0.407 e. The van der Waals surface area contributed by atoms with E-state index >= 15 is 0 Å². The molecular formula is C21H28F3N. The molecule has 0 unspecified atom stereocenters. The molecule has 0 aliphatic carbocycles. The smallest absolute Gasteiger partial charge is 0.316 e. The fourth-order valence-corrected chi connectivity index (χ4v) is 3.36. The van der Waals surface area contributed by atoms with Crippen LogP contribution in [0.25, 0.3) is 10.8 Å². The predicted octanol–water partition coefficient (Wildman–Crippen LogP) is 6.70. The van der Waals surface area contributed by atoms with Crippen molar-refractivity contribution in [1.82, 2.24) is 0 Å². The molecule has 138 valence electrons. The van der Waals surface area contributed by atoms with Gasteiger partial charge in [0.1, 0.15) is 6.04 Å². The third kappa shape index (κ3) is 5.46. The van der Waals surface area contributed by atoms with E-state index in [4.69, 9.17) is 5.73 Å². The molecule has 2 rings (SSSR count). The van der Waals surface area contributed by atoms with Crippen LogP contribution in [0.3, 0.4) is 0 Å². The number of nitrogens with two attached hydrogens (primary N) is 1. The van der Waals surface area contributed by atoms with Gasteiger partial charge in [-0.15, -0.1) is 0 Å². The van der Waals surface area contributed by atoms with Gasteiger partial charge in [0.25, 0.3) is 0 Å². The fourth-order valence-electron chi connectivity index (χ4n) is 3.36. The summed E-state index contributed by atoms with van der Waals surface area (Å²) in [4.78, 5) is 0. The second-order valence-corrected chi connectivity index (χ2v) is 6.75. The van der Waals surface area contributed by atoms with Crippen LogP contribution in [0.4, 0.5) is 13.2 Å². The van der Waals surface area contributed by atoms with Crippen molar-refractivity contribution in [2.24, 2.45) is 5.73 Å². The Kier molecular flexibility index (Phi) is 7.30. The summed E-state index contributed by atoms with van der Waals surface area (Å²) in [6, 6.07) is 8.97. The van der Waals surface area contributed by atoms with Crippen molar-refractivity contribution in [1.29, 1.82) is 0 Å². The zero-order chi connectivity index (χ0) is 18.3. The minimum atomic E-state index is -4.43. The molecule has 0 spiro atoms. The Morgan fingerprint density at radius 2 is 1.52 bits per heavy atom. The van der Waals surface area contributed by atoms with Crippen LogP contribution in [-0.2, 0) is 6.42 Å². The number of aryl methyl sites for hydroxylation is 1. The lowest BCUT2D eigenvalue weighted by atomic mass is 9.90. The summed E-state index contributed by atoms with van der Waals surface area (Å²) in [5, 5.41) is 1.42. The van der Waals surface area contributed by atoms with Gasteiger partial charge in [-0.25, -0.2) is 0 Å². The summed E-state index contributed by atoms with van der Waals surface area (Å²) in [6.07, 6.45) is 4.26. The van der Waals surface area contributed by atoms with Crippen LogP contribution in [0.15, 0.2) is 36.4 Å². The van der Waals surface area contributed by atoms with Crippen LogP contribution in [0.5, 0.6) is 0 Å². The lowest BCUT2D eigenvalue weighted by Crippen LogP contribution is -2.29. The van der Waals surface area contributed by atoms with E-state index in [1.807, 2.05) is 24.3 Å². The van der Waals surface area contributed by atoms with Crippen LogP contribution in [0.2, 0.25) is 0 Å². The Bertz CT molecular complexity index is 664. The molecule has 0 heterocycles. The number of benzene rings is 2. The number of hydrogen-bond acceptors (Lipinski definition) is 1. The average molecular weight is 351 g/mol. The summed E-state index contributed by atoms with van der Waals surface area (Å²) < 4.78 is 39.8. The van der Waals surface area contributed by atoms with Gasteiger partial charge in [-0.2, -0.15) is 13.2 Å². The maximum atomic E-state index is 13.3. The minimum absolute atomic E-state index is 0.247. The molecule has 4 heteroatoms. The highest BCUT2D eigenvalue weighted by Gasteiger charge is 2.39. The molecule has 2 aromatic carbocycles. The maximum absolute atomic E-state index is 13.3. The maximum Gasteiger partial charge on any atom is 0.407 e. The summed E-state index contributed by atoms with van der Waals surface area (Å²) in [5.74, 6) is 0. The first-order valence-electron chi connectivity index (χ1n) is 9.28. The summed E-state index contributed by atoms with van der Waals surface area (Å²) in [6.45, 7) is 2.19. The van der Waals surface area contributed by atoms with Gasteiger partial charge >= 0.3 is 6.18 Å². The van der Waals surface area contributed by atoms with E-state index in [-0.39, 0.29) is 5.56 Å². The van der Waals surface area contributed by atoms with Crippen molar-refractivity contribution in [3.8, 4) is 0 Å². The molecular weight excluding hydrogens is 323 g/mol. The average Bonchev–Trinajstić information content (AvgIpc) is 2.59. The standard InChI is InChI=1S/C21H28F3N/c1-2-3-4-5-6-7-8-12-17-15-14-16-11-9-10-13-18(16)19(17)20(25)21(22,23)24/h9-11,13-15,20H,2-8,12,25H2,1H3/t20-/m0/s1. The van der Waals surface area contributed by atoms with Crippen molar-refractivity contribution >= 4 is 10.8 Å². The van der Waals surface area contributed by atoms with Gasteiger partial charge in [-0.1, -0.05) is 81.8 Å². The van der Waals surface area contributed by atoms with E-state index in [2.05, 4.69) is 6.92 Å². The van der Waals surface area contributed by atoms with E-state index in [0.29, 0.717) is 11.8 Å². The zero-order valence-corrected chi connectivity index (χ0v) is 14.9. The second-order valence-electron chi connectivity index (χ2n) is 6.75. The van der Waals surface area contributed by atoms with Crippen LogP contribution >= 0.6 is 0 Å². The van der Waals surface area contributed by atoms with Crippen molar-refractivity contribution in [3.63, 3.8) is 0 Å². The fraction of sp³-hybridized carbons (Fsp3) is 0.524. The molecule has 0 aliphatic rings. The lowest BCUT2D eigenvalue weighted by molar-refractivity contribution is -0.149. The van der Waals surface area contributed by atoms with Gasteiger partial charge in [-0.3, -0.25) is 0 Å². The molecule has 0 saturated heterocycles. The molecule has 1 atom stereocenters. The topological polar surface area (TPSA) is 26.0 Å².